The maximum atomic E-state index is 13.8. The SMILES string of the molecule is Fc1ccc(CNC2CC2)cc1Cn1cc(Br)cn1. The number of rotatable bonds is 5. The summed E-state index contributed by atoms with van der Waals surface area (Å²) in [7, 11) is 0. The molecule has 1 aromatic heterocycles. The highest BCUT2D eigenvalue weighted by molar-refractivity contribution is 9.10. The Hall–Kier alpha value is -1.20. The van der Waals surface area contributed by atoms with Crippen molar-refractivity contribution in [3.63, 3.8) is 0 Å². The molecule has 1 N–H and O–H groups in total. The van der Waals surface area contributed by atoms with Gasteiger partial charge in [-0.05, 0) is 46.5 Å². The van der Waals surface area contributed by atoms with Gasteiger partial charge in [-0.3, -0.25) is 4.68 Å². The molecule has 100 valence electrons. The average Bonchev–Trinajstić information content (AvgIpc) is 3.13. The summed E-state index contributed by atoms with van der Waals surface area (Å²) in [5, 5.41) is 7.59. The zero-order valence-corrected chi connectivity index (χ0v) is 12.0. The van der Waals surface area contributed by atoms with Gasteiger partial charge in [0.25, 0.3) is 0 Å². The van der Waals surface area contributed by atoms with Crippen LogP contribution in [0.2, 0.25) is 0 Å². The number of nitrogens with zero attached hydrogens (tertiary/aromatic N) is 2. The van der Waals surface area contributed by atoms with Crippen molar-refractivity contribution in [1.29, 1.82) is 0 Å². The van der Waals surface area contributed by atoms with Crippen LogP contribution in [0.5, 0.6) is 0 Å². The van der Waals surface area contributed by atoms with Gasteiger partial charge >= 0.3 is 0 Å². The molecule has 1 heterocycles. The number of benzene rings is 1. The second-order valence-electron chi connectivity index (χ2n) is 4.94. The molecule has 0 bridgehead atoms. The first-order chi connectivity index (χ1) is 9.20. The normalized spacial score (nSPS) is 14.8. The minimum absolute atomic E-state index is 0.179. The summed E-state index contributed by atoms with van der Waals surface area (Å²) in [5.41, 5.74) is 1.79. The third-order valence-electron chi connectivity index (χ3n) is 3.22. The van der Waals surface area contributed by atoms with Gasteiger partial charge in [0, 0.05) is 24.3 Å². The molecule has 1 aliphatic carbocycles. The van der Waals surface area contributed by atoms with Crippen LogP contribution in [-0.4, -0.2) is 15.8 Å². The van der Waals surface area contributed by atoms with E-state index in [1.807, 2.05) is 18.3 Å². The van der Waals surface area contributed by atoms with Gasteiger partial charge in [0.2, 0.25) is 0 Å². The summed E-state index contributed by atoms with van der Waals surface area (Å²) in [6, 6.07) is 5.96. The van der Waals surface area contributed by atoms with Gasteiger partial charge < -0.3 is 5.32 Å². The van der Waals surface area contributed by atoms with Crippen LogP contribution in [0.25, 0.3) is 0 Å². The molecular formula is C14H15BrFN3. The molecule has 0 spiro atoms. The number of aromatic nitrogens is 2. The van der Waals surface area contributed by atoms with E-state index >= 15 is 0 Å². The van der Waals surface area contributed by atoms with E-state index in [2.05, 4.69) is 26.3 Å². The molecular weight excluding hydrogens is 309 g/mol. The van der Waals surface area contributed by atoms with E-state index in [1.54, 1.807) is 10.9 Å². The Balaban J connectivity index is 1.72. The molecule has 1 aliphatic rings. The molecule has 0 unspecified atom stereocenters. The molecule has 1 fully saturated rings. The molecule has 1 aromatic carbocycles. The molecule has 0 amide bonds. The lowest BCUT2D eigenvalue weighted by Crippen LogP contribution is -2.15. The highest BCUT2D eigenvalue weighted by Crippen LogP contribution is 2.20. The fraction of sp³-hybridized carbons (Fsp3) is 0.357. The molecule has 0 radical (unpaired) electrons. The van der Waals surface area contributed by atoms with Crippen LogP contribution in [0.1, 0.15) is 24.0 Å². The Morgan fingerprint density at radius 3 is 2.95 bits per heavy atom. The van der Waals surface area contributed by atoms with Gasteiger partial charge in [0.05, 0.1) is 17.2 Å². The van der Waals surface area contributed by atoms with Crippen LogP contribution in [-0.2, 0) is 13.1 Å². The topological polar surface area (TPSA) is 29.9 Å². The molecule has 5 heteroatoms. The highest BCUT2D eigenvalue weighted by atomic mass is 79.9. The monoisotopic (exact) mass is 323 g/mol. The Morgan fingerprint density at radius 1 is 1.42 bits per heavy atom. The van der Waals surface area contributed by atoms with Crippen molar-refractivity contribution >= 4 is 15.9 Å². The number of hydrogen-bond donors (Lipinski definition) is 1. The van der Waals surface area contributed by atoms with E-state index in [0.717, 1.165) is 16.6 Å². The quantitative estimate of drug-likeness (QED) is 0.916. The second-order valence-corrected chi connectivity index (χ2v) is 5.85. The van der Waals surface area contributed by atoms with E-state index in [-0.39, 0.29) is 5.82 Å². The lowest BCUT2D eigenvalue weighted by atomic mass is 10.1. The molecule has 19 heavy (non-hydrogen) atoms. The summed E-state index contributed by atoms with van der Waals surface area (Å²) in [6.07, 6.45) is 6.07. The molecule has 1 saturated carbocycles. The summed E-state index contributed by atoms with van der Waals surface area (Å²) < 4.78 is 16.4. The van der Waals surface area contributed by atoms with Gasteiger partial charge in [-0.1, -0.05) is 6.07 Å². The highest BCUT2D eigenvalue weighted by Gasteiger charge is 2.20. The zero-order valence-electron chi connectivity index (χ0n) is 10.4. The maximum Gasteiger partial charge on any atom is 0.128 e. The summed E-state index contributed by atoms with van der Waals surface area (Å²) in [6.45, 7) is 1.26. The van der Waals surface area contributed by atoms with Crippen molar-refractivity contribution in [3.8, 4) is 0 Å². The second kappa shape index (κ2) is 5.43. The largest absolute Gasteiger partial charge is 0.310 e. The first-order valence-corrected chi connectivity index (χ1v) is 7.18. The lowest BCUT2D eigenvalue weighted by molar-refractivity contribution is 0.582. The van der Waals surface area contributed by atoms with Gasteiger partial charge in [-0.15, -0.1) is 0 Å². The summed E-state index contributed by atoms with van der Waals surface area (Å²) in [5.74, 6) is -0.179. The number of nitrogens with one attached hydrogen (secondary N) is 1. The molecule has 3 rings (SSSR count). The van der Waals surface area contributed by atoms with Crippen molar-refractivity contribution in [2.45, 2.75) is 32.0 Å². The lowest BCUT2D eigenvalue weighted by Gasteiger charge is -2.08. The van der Waals surface area contributed by atoms with Crippen molar-refractivity contribution in [2.24, 2.45) is 0 Å². The Kier molecular flexibility index (Phi) is 3.66. The number of halogens is 2. The van der Waals surface area contributed by atoms with Crippen LogP contribution in [0.15, 0.2) is 35.1 Å². The molecule has 2 aromatic rings. The van der Waals surface area contributed by atoms with Crippen LogP contribution in [0.4, 0.5) is 4.39 Å². The fourth-order valence-electron chi connectivity index (χ4n) is 2.01. The van der Waals surface area contributed by atoms with Gasteiger partial charge in [-0.2, -0.15) is 5.10 Å². The third kappa shape index (κ3) is 3.42. The molecule has 0 saturated heterocycles. The predicted octanol–water partition coefficient (Wildman–Crippen LogP) is 3.09. The maximum absolute atomic E-state index is 13.8. The zero-order chi connectivity index (χ0) is 13.2. The fourth-order valence-corrected chi connectivity index (χ4v) is 2.34. The minimum Gasteiger partial charge on any atom is -0.310 e. The van der Waals surface area contributed by atoms with Crippen LogP contribution < -0.4 is 5.32 Å². The van der Waals surface area contributed by atoms with E-state index in [9.17, 15) is 4.39 Å². The molecule has 3 nitrogen and oxygen atoms in total. The average molecular weight is 324 g/mol. The van der Waals surface area contributed by atoms with Crippen LogP contribution >= 0.6 is 15.9 Å². The summed E-state index contributed by atoms with van der Waals surface area (Å²) in [4.78, 5) is 0. The first-order valence-electron chi connectivity index (χ1n) is 6.39. The van der Waals surface area contributed by atoms with Crippen molar-refractivity contribution in [2.75, 3.05) is 0 Å². The van der Waals surface area contributed by atoms with Crippen molar-refractivity contribution < 1.29 is 4.39 Å². The first kappa shape index (κ1) is 12.8. The van der Waals surface area contributed by atoms with Crippen molar-refractivity contribution in [1.82, 2.24) is 15.1 Å². The Labute approximate surface area is 119 Å². The van der Waals surface area contributed by atoms with Gasteiger partial charge in [0.15, 0.2) is 0 Å². The standard InChI is InChI=1S/C14H15BrFN3/c15-12-7-18-19(9-12)8-11-5-10(1-4-14(11)16)6-17-13-2-3-13/h1,4-5,7,9,13,17H,2-3,6,8H2. The van der Waals surface area contributed by atoms with Gasteiger partial charge in [-0.25, -0.2) is 4.39 Å². The predicted molar refractivity (Wildman–Crippen MR) is 75.3 cm³/mol. The van der Waals surface area contributed by atoms with E-state index in [4.69, 9.17) is 0 Å². The van der Waals surface area contributed by atoms with Crippen LogP contribution in [0.3, 0.4) is 0 Å². The van der Waals surface area contributed by atoms with E-state index in [0.29, 0.717) is 18.2 Å². The van der Waals surface area contributed by atoms with Gasteiger partial charge in [0.1, 0.15) is 5.82 Å². The van der Waals surface area contributed by atoms with E-state index in [1.165, 1.54) is 18.9 Å². The minimum atomic E-state index is -0.179. The Morgan fingerprint density at radius 2 is 2.26 bits per heavy atom. The molecule has 0 aliphatic heterocycles. The Bertz CT molecular complexity index is 578. The van der Waals surface area contributed by atoms with Crippen molar-refractivity contribution in [3.05, 3.63) is 52.0 Å². The number of hydrogen-bond acceptors (Lipinski definition) is 2. The molecule has 0 atom stereocenters. The van der Waals surface area contributed by atoms with E-state index < -0.39 is 0 Å². The smallest absolute Gasteiger partial charge is 0.128 e. The summed E-state index contributed by atoms with van der Waals surface area (Å²) >= 11 is 3.34. The third-order valence-corrected chi connectivity index (χ3v) is 3.63. The van der Waals surface area contributed by atoms with Crippen LogP contribution in [0, 0.1) is 5.82 Å².